The van der Waals surface area contributed by atoms with Crippen LogP contribution in [0.5, 0.6) is 5.75 Å². The van der Waals surface area contributed by atoms with Gasteiger partial charge >= 0.3 is 6.18 Å². The number of sulfone groups is 1. The second-order valence-corrected chi connectivity index (χ2v) is 12.6. The molecule has 0 saturated heterocycles. The predicted octanol–water partition coefficient (Wildman–Crippen LogP) is 5.62. The lowest BCUT2D eigenvalue weighted by atomic mass is 10.1. The average Bonchev–Trinajstić information content (AvgIpc) is 3.43. The molecule has 2 N–H and O–H groups in total. The van der Waals surface area contributed by atoms with Gasteiger partial charge in [-0.05, 0) is 29.8 Å². The lowest BCUT2D eigenvalue weighted by molar-refractivity contribution is -0.139. The van der Waals surface area contributed by atoms with Crippen molar-refractivity contribution in [2.75, 3.05) is 23.9 Å². The summed E-state index contributed by atoms with van der Waals surface area (Å²) in [6.45, 7) is 0.707. The van der Waals surface area contributed by atoms with Crippen LogP contribution in [0, 0.1) is 0 Å². The number of halogens is 3. The van der Waals surface area contributed by atoms with Crippen molar-refractivity contribution >= 4 is 43.6 Å². The molecule has 42 heavy (non-hydrogen) atoms. The number of aromatic nitrogens is 4. The Kier molecular flexibility index (Phi) is 8.66. The Morgan fingerprint density at radius 1 is 1.00 bits per heavy atom. The molecule has 0 amide bonds. The minimum absolute atomic E-state index is 0.00192. The van der Waals surface area contributed by atoms with E-state index in [1.165, 1.54) is 36.1 Å². The maximum atomic E-state index is 14.0. The molecule has 0 atom stereocenters. The molecule has 3 aromatic heterocycles. The molecule has 0 unspecified atom stereocenters. The van der Waals surface area contributed by atoms with Crippen LogP contribution in [0.15, 0.2) is 72.5 Å². The first-order valence-corrected chi connectivity index (χ1v) is 15.6. The number of anilines is 2. The monoisotopic (exact) mass is 614 g/mol. The maximum absolute atomic E-state index is 14.0. The van der Waals surface area contributed by atoms with Gasteiger partial charge in [0.25, 0.3) is 0 Å². The van der Waals surface area contributed by atoms with Crippen molar-refractivity contribution in [1.82, 2.24) is 25.3 Å². The van der Waals surface area contributed by atoms with Crippen LogP contribution in [0.25, 0.3) is 22.3 Å². The molecule has 0 spiro atoms. The molecular formula is C28H25F3N6O3S2. The highest BCUT2D eigenvalue weighted by molar-refractivity contribution is 7.90. The molecule has 14 heteroatoms. The van der Waals surface area contributed by atoms with Gasteiger partial charge in [-0.1, -0.05) is 30.3 Å². The number of fused-ring (bicyclic) bond motifs is 1. The minimum Gasteiger partial charge on any atom is -0.488 e. The number of rotatable bonds is 11. The summed E-state index contributed by atoms with van der Waals surface area (Å²) in [6.07, 6.45) is -0.615. The molecule has 2 aromatic carbocycles. The third kappa shape index (κ3) is 7.57. The number of alkyl halides is 3. The van der Waals surface area contributed by atoms with E-state index in [0.29, 0.717) is 41.2 Å². The van der Waals surface area contributed by atoms with E-state index < -0.39 is 21.6 Å². The lowest BCUT2D eigenvalue weighted by Gasteiger charge is -2.16. The summed E-state index contributed by atoms with van der Waals surface area (Å²) in [5, 5.41) is 9.15. The molecule has 0 bridgehead atoms. The van der Waals surface area contributed by atoms with Crippen LogP contribution in [0.2, 0.25) is 0 Å². The fourth-order valence-electron chi connectivity index (χ4n) is 3.99. The zero-order chi connectivity index (χ0) is 29.7. The standard InChI is InChI=1S/C28H25F3N6O3S2/c1-42(38,39)10-9-32-14-26-37-24(16-41-26)22-12-20-23(13-33-22)34-17-35-27(20)36-19-7-8-25(21(11-19)28(29,30)31)40-15-18-5-3-2-4-6-18/h2-8,11-13,16-17,32H,9-10,14-15H2,1H3,(H,34,35,36). The largest absolute Gasteiger partial charge is 0.488 e. The summed E-state index contributed by atoms with van der Waals surface area (Å²) in [7, 11) is -3.06. The van der Waals surface area contributed by atoms with E-state index in [0.717, 1.165) is 16.6 Å². The van der Waals surface area contributed by atoms with Crippen LogP contribution in [0.1, 0.15) is 16.1 Å². The maximum Gasteiger partial charge on any atom is 0.420 e. The number of hydrogen-bond donors (Lipinski definition) is 2. The molecule has 218 valence electrons. The smallest absolute Gasteiger partial charge is 0.420 e. The second-order valence-electron chi connectivity index (χ2n) is 9.35. The van der Waals surface area contributed by atoms with E-state index in [9.17, 15) is 21.6 Å². The van der Waals surface area contributed by atoms with Crippen LogP contribution in [-0.4, -0.2) is 46.9 Å². The van der Waals surface area contributed by atoms with E-state index in [-0.39, 0.29) is 23.8 Å². The molecule has 0 radical (unpaired) electrons. The number of nitrogens with one attached hydrogen (secondary N) is 2. The van der Waals surface area contributed by atoms with E-state index >= 15 is 0 Å². The highest BCUT2D eigenvalue weighted by Crippen LogP contribution is 2.39. The van der Waals surface area contributed by atoms with E-state index in [1.54, 1.807) is 36.5 Å². The Balaban J connectivity index is 1.36. The van der Waals surface area contributed by atoms with Crippen LogP contribution < -0.4 is 15.4 Å². The van der Waals surface area contributed by atoms with Crippen molar-refractivity contribution in [3.05, 3.63) is 88.6 Å². The topological polar surface area (TPSA) is 119 Å². The molecule has 3 heterocycles. The molecule has 0 fully saturated rings. The Bertz CT molecular complexity index is 1800. The quantitative estimate of drug-likeness (QED) is 0.183. The van der Waals surface area contributed by atoms with Gasteiger partial charge < -0.3 is 15.4 Å². The van der Waals surface area contributed by atoms with Crippen molar-refractivity contribution in [1.29, 1.82) is 0 Å². The van der Waals surface area contributed by atoms with E-state index in [2.05, 4.69) is 30.6 Å². The van der Waals surface area contributed by atoms with Gasteiger partial charge in [0.2, 0.25) is 0 Å². The summed E-state index contributed by atoms with van der Waals surface area (Å²) < 4.78 is 70.0. The van der Waals surface area contributed by atoms with Crippen molar-refractivity contribution in [2.24, 2.45) is 0 Å². The first-order chi connectivity index (χ1) is 20.0. The Morgan fingerprint density at radius 3 is 2.57 bits per heavy atom. The number of benzene rings is 2. The summed E-state index contributed by atoms with van der Waals surface area (Å²) in [6, 6.07) is 14.4. The number of nitrogens with zero attached hydrogens (tertiary/aromatic N) is 4. The zero-order valence-corrected chi connectivity index (χ0v) is 23.9. The SMILES string of the molecule is CS(=O)(=O)CCNCc1nc(-c2cc3c(Nc4ccc(OCc5ccccc5)c(C(F)(F)F)c4)ncnc3cn2)cs1. The highest BCUT2D eigenvalue weighted by atomic mass is 32.2. The van der Waals surface area contributed by atoms with Gasteiger partial charge in [-0.2, -0.15) is 13.2 Å². The summed E-state index contributed by atoms with van der Waals surface area (Å²) in [4.78, 5) is 17.5. The summed E-state index contributed by atoms with van der Waals surface area (Å²) in [5.41, 5.74) is 1.62. The van der Waals surface area contributed by atoms with Gasteiger partial charge in [-0.25, -0.2) is 23.4 Å². The van der Waals surface area contributed by atoms with Crippen molar-refractivity contribution in [2.45, 2.75) is 19.3 Å². The van der Waals surface area contributed by atoms with Gasteiger partial charge in [0.15, 0.2) is 0 Å². The molecule has 0 aliphatic heterocycles. The lowest BCUT2D eigenvalue weighted by Crippen LogP contribution is -2.21. The van der Waals surface area contributed by atoms with Gasteiger partial charge in [0.05, 0.1) is 34.4 Å². The van der Waals surface area contributed by atoms with Gasteiger partial charge in [-0.3, -0.25) is 4.98 Å². The van der Waals surface area contributed by atoms with E-state index in [1.807, 2.05) is 11.4 Å². The van der Waals surface area contributed by atoms with Gasteiger partial charge in [-0.15, -0.1) is 11.3 Å². The van der Waals surface area contributed by atoms with Crippen molar-refractivity contribution < 1.29 is 26.3 Å². The fourth-order valence-corrected chi connectivity index (χ4v) is 5.26. The zero-order valence-electron chi connectivity index (χ0n) is 22.2. The Labute approximate surface area is 243 Å². The van der Waals surface area contributed by atoms with Crippen LogP contribution in [0.3, 0.4) is 0 Å². The summed E-state index contributed by atoms with van der Waals surface area (Å²) in [5.74, 6) is 0.0509. The first kappa shape index (κ1) is 29.4. The Morgan fingerprint density at radius 2 is 1.81 bits per heavy atom. The highest BCUT2D eigenvalue weighted by Gasteiger charge is 2.35. The predicted molar refractivity (Wildman–Crippen MR) is 155 cm³/mol. The molecule has 5 rings (SSSR count). The molecule has 0 aliphatic carbocycles. The fraction of sp³-hybridized carbons (Fsp3) is 0.214. The number of thiazole rings is 1. The third-order valence-corrected chi connectivity index (χ3v) is 7.84. The molecule has 5 aromatic rings. The Hall–Kier alpha value is -4.14. The molecule has 0 aliphatic rings. The molecule has 0 saturated carbocycles. The number of hydrogen-bond acceptors (Lipinski definition) is 10. The van der Waals surface area contributed by atoms with Gasteiger partial charge in [0.1, 0.15) is 39.3 Å². The minimum atomic E-state index is -4.64. The number of pyridine rings is 1. The normalized spacial score (nSPS) is 12.0. The third-order valence-electron chi connectivity index (χ3n) is 6.05. The molecular weight excluding hydrogens is 589 g/mol. The van der Waals surface area contributed by atoms with E-state index in [4.69, 9.17) is 4.74 Å². The van der Waals surface area contributed by atoms with Crippen LogP contribution in [0.4, 0.5) is 24.7 Å². The second kappa shape index (κ2) is 12.4. The first-order valence-electron chi connectivity index (χ1n) is 12.6. The summed E-state index contributed by atoms with van der Waals surface area (Å²) >= 11 is 1.39. The van der Waals surface area contributed by atoms with Crippen molar-refractivity contribution in [3.8, 4) is 17.1 Å². The average molecular weight is 615 g/mol. The van der Waals surface area contributed by atoms with Crippen LogP contribution in [-0.2, 0) is 29.2 Å². The molecule has 9 nitrogen and oxygen atoms in total. The van der Waals surface area contributed by atoms with Gasteiger partial charge in [0, 0.05) is 35.8 Å². The van der Waals surface area contributed by atoms with Crippen molar-refractivity contribution in [3.63, 3.8) is 0 Å². The van der Waals surface area contributed by atoms with Crippen LogP contribution >= 0.6 is 11.3 Å². The number of ether oxygens (including phenoxy) is 1.